The standard InChI is InChI=1S/C23H29N3O3S2/c1-6-31(28,29)19-10-8-18(9-11-19)22(27)26(13-7-12-25(4)5)23-24-21-17(3)14-16(2)15-20(21)30-23/h8-11,14-15H,6-7,12-13H2,1-5H3. The number of fused-ring (bicyclic) bond motifs is 1. The molecule has 3 aromatic rings. The van der Waals surface area contributed by atoms with Gasteiger partial charge in [-0.25, -0.2) is 13.4 Å². The zero-order valence-electron chi connectivity index (χ0n) is 18.7. The minimum atomic E-state index is -3.30. The molecule has 166 valence electrons. The lowest BCUT2D eigenvalue weighted by molar-refractivity contribution is 0.0986. The fraction of sp³-hybridized carbons (Fsp3) is 0.391. The highest BCUT2D eigenvalue weighted by atomic mass is 32.2. The van der Waals surface area contributed by atoms with Crippen LogP contribution in [-0.2, 0) is 9.84 Å². The molecule has 0 atom stereocenters. The van der Waals surface area contributed by atoms with Crippen molar-refractivity contribution in [1.29, 1.82) is 0 Å². The van der Waals surface area contributed by atoms with Gasteiger partial charge in [0.15, 0.2) is 15.0 Å². The highest BCUT2D eigenvalue weighted by molar-refractivity contribution is 7.91. The third kappa shape index (κ3) is 5.31. The van der Waals surface area contributed by atoms with E-state index in [9.17, 15) is 13.2 Å². The van der Waals surface area contributed by atoms with Gasteiger partial charge in [-0.3, -0.25) is 9.69 Å². The first-order valence-corrected chi connectivity index (χ1v) is 12.8. The van der Waals surface area contributed by atoms with Gasteiger partial charge in [-0.1, -0.05) is 24.3 Å². The molecule has 2 aromatic carbocycles. The molecule has 0 saturated heterocycles. The van der Waals surface area contributed by atoms with Crippen LogP contribution in [0, 0.1) is 13.8 Å². The van der Waals surface area contributed by atoms with E-state index in [0.717, 1.165) is 28.7 Å². The lowest BCUT2D eigenvalue weighted by Crippen LogP contribution is -2.33. The molecular formula is C23H29N3O3S2. The van der Waals surface area contributed by atoms with E-state index in [1.165, 1.54) is 29.0 Å². The number of aromatic nitrogens is 1. The second-order valence-corrected chi connectivity index (χ2v) is 11.3. The topological polar surface area (TPSA) is 70.6 Å². The predicted molar refractivity (Wildman–Crippen MR) is 128 cm³/mol. The number of carbonyl (C=O) groups excluding carboxylic acids is 1. The molecule has 6 nitrogen and oxygen atoms in total. The number of benzene rings is 2. The number of hydrogen-bond acceptors (Lipinski definition) is 6. The van der Waals surface area contributed by atoms with Gasteiger partial charge in [-0.05, 0) is 82.4 Å². The van der Waals surface area contributed by atoms with Gasteiger partial charge >= 0.3 is 0 Å². The highest BCUT2D eigenvalue weighted by Crippen LogP contribution is 2.32. The maximum absolute atomic E-state index is 13.4. The number of amides is 1. The molecule has 0 saturated carbocycles. The molecule has 1 aromatic heterocycles. The van der Waals surface area contributed by atoms with Gasteiger partial charge in [0, 0.05) is 12.1 Å². The number of aryl methyl sites for hydroxylation is 2. The minimum Gasteiger partial charge on any atom is -0.309 e. The summed E-state index contributed by atoms with van der Waals surface area (Å²) in [6, 6.07) is 10.4. The Labute approximate surface area is 188 Å². The monoisotopic (exact) mass is 459 g/mol. The van der Waals surface area contributed by atoms with E-state index in [2.05, 4.69) is 24.0 Å². The van der Waals surface area contributed by atoms with Crippen LogP contribution in [0.2, 0.25) is 0 Å². The second-order valence-electron chi connectivity index (χ2n) is 7.97. The summed E-state index contributed by atoms with van der Waals surface area (Å²) < 4.78 is 25.2. The fourth-order valence-corrected chi connectivity index (χ4v) is 5.48. The van der Waals surface area contributed by atoms with Crippen molar-refractivity contribution in [1.82, 2.24) is 9.88 Å². The lowest BCUT2D eigenvalue weighted by atomic mass is 10.1. The molecule has 0 spiro atoms. The third-order valence-corrected chi connectivity index (χ3v) is 7.90. The number of hydrogen-bond donors (Lipinski definition) is 0. The molecule has 0 aliphatic carbocycles. The van der Waals surface area contributed by atoms with Gasteiger partial charge in [0.1, 0.15) is 0 Å². The first kappa shape index (κ1) is 23.4. The van der Waals surface area contributed by atoms with Crippen molar-refractivity contribution >= 4 is 42.4 Å². The summed E-state index contributed by atoms with van der Waals surface area (Å²) in [4.78, 5) is 22.2. The van der Waals surface area contributed by atoms with Gasteiger partial charge in [0.2, 0.25) is 0 Å². The summed E-state index contributed by atoms with van der Waals surface area (Å²) in [7, 11) is 0.702. The van der Waals surface area contributed by atoms with E-state index in [4.69, 9.17) is 4.98 Å². The molecule has 0 aliphatic rings. The summed E-state index contributed by atoms with van der Waals surface area (Å²) in [5.41, 5.74) is 3.62. The van der Waals surface area contributed by atoms with E-state index in [1.54, 1.807) is 24.0 Å². The fourth-order valence-electron chi connectivity index (χ4n) is 3.43. The molecule has 1 amide bonds. The van der Waals surface area contributed by atoms with Crippen molar-refractivity contribution in [2.24, 2.45) is 0 Å². The first-order valence-electron chi connectivity index (χ1n) is 10.3. The van der Waals surface area contributed by atoms with E-state index in [0.29, 0.717) is 17.2 Å². The molecule has 1 heterocycles. The first-order chi connectivity index (χ1) is 14.6. The maximum Gasteiger partial charge on any atom is 0.260 e. The van der Waals surface area contributed by atoms with E-state index >= 15 is 0 Å². The average molecular weight is 460 g/mol. The SMILES string of the molecule is CCS(=O)(=O)c1ccc(C(=O)N(CCCN(C)C)c2nc3c(C)cc(C)cc3s2)cc1. The molecular weight excluding hydrogens is 430 g/mol. The normalized spacial score (nSPS) is 11.9. The number of rotatable bonds is 8. The molecule has 0 N–H and O–H groups in total. The molecule has 0 radical (unpaired) electrons. The van der Waals surface area contributed by atoms with Crippen LogP contribution in [0.4, 0.5) is 5.13 Å². The van der Waals surface area contributed by atoms with Crippen molar-refractivity contribution in [3.63, 3.8) is 0 Å². The van der Waals surface area contributed by atoms with E-state index < -0.39 is 9.84 Å². The summed E-state index contributed by atoms with van der Waals surface area (Å²) in [5.74, 6) is -0.144. The summed E-state index contributed by atoms with van der Waals surface area (Å²) in [6.45, 7) is 7.07. The lowest BCUT2D eigenvalue weighted by Gasteiger charge is -2.21. The van der Waals surface area contributed by atoms with Crippen LogP contribution in [0.1, 0.15) is 34.8 Å². The van der Waals surface area contributed by atoms with Gasteiger partial charge in [0.25, 0.3) is 5.91 Å². The van der Waals surface area contributed by atoms with Crippen LogP contribution in [0.25, 0.3) is 10.2 Å². The number of anilines is 1. The Hall–Kier alpha value is -2.29. The molecule has 8 heteroatoms. The smallest absolute Gasteiger partial charge is 0.260 e. The molecule has 31 heavy (non-hydrogen) atoms. The van der Waals surface area contributed by atoms with Crippen molar-refractivity contribution in [3.05, 3.63) is 53.1 Å². The second kappa shape index (κ2) is 9.46. The van der Waals surface area contributed by atoms with E-state index in [-0.39, 0.29) is 16.6 Å². The maximum atomic E-state index is 13.4. The van der Waals surface area contributed by atoms with Crippen LogP contribution in [0.5, 0.6) is 0 Å². The van der Waals surface area contributed by atoms with Crippen molar-refractivity contribution in [2.75, 3.05) is 37.8 Å². The van der Waals surface area contributed by atoms with E-state index in [1.807, 2.05) is 21.0 Å². The molecule has 0 fully saturated rings. The van der Waals surface area contributed by atoms with Crippen LogP contribution in [0.15, 0.2) is 41.3 Å². The largest absolute Gasteiger partial charge is 0.309 e. The highest BCUT2D eigenvalue weighted by Gasteiger charge is 2.22. The van der Waals surface area contributed by atoms with Crippen LogP contribution < -0.4 is 4.90 Å². The quantitative estimate of drug-likeness (QED) is 0.502. The van der Waals surface area contributed by atoms with Gasteiger partial charge in [0.05, 0.1) is 20.9 Å². The van der Waals surface area contributed by atoms with Crippen LogP contribution in [-0.4, -0.2) is 57.1 Å². The summed E-state index contributed by atoms with van der Waals surface area (Å²) in [5, 5.41) is 0.665. The number of nitrogens with zero attached hydrogens (tertiary/aromatic N) is 3. The summed E-state index contributed by atoms with van der Waals surface area (Å²) >= 11 is 1.51. The third-order valence-electron chi connectivity index (χ3n) is 5.12. The van der Waals surface area contributed by atoms with Gasteiger partial charge < -0.3 is 4.90 Å². The Morgan fingerprint density at radius 3 is 2.35 bits per heavy atom. The van der Waals surface area contributed by atoms with Crippen LogP contribution in [0.3, 0.4) is 0 Å². The Morgan fingerprint density at radius 2 is 1.74 bits per heavy atom. The molecule has 0 unspecified atom stereocenters. The number of sulfone groups is 1. The van der Waals surface area contributed by atoms with Crippen LogP contribution >= 0.6 is 11.3 Å². The molecule has 0 bridgehead atoms. The number of carbonyl (C=O) groups is 1. The molecule has 3 rings (SSSR count). The zero-order valence-corrected chi connectivity index (χ0v) is 20.3. The Kier molecular flexibility index (Phi) is 7.13. The average Bonchev–Trinajstić information content (AvgIpc) is 3.14. The van der Waals surface area contributed by atoms with Gasteiger partial charge in [-0.15, -0.1) is 0 Å². The minimum absolute atomic E-state index is 0.0292. The predicted octanol–water partition coefficient (Wildman–Crippen LogP) is 4.31. The number of thiazole rings is 1. The van der Waals surface area contributed by atoms with Crippen molar-refractivity contribution in [2.45, 2.75) is 32.1 Å². The van der Waals surface area contributed by atoms with Gasteiger partial charge in [-0.2, -0.15) is 0 Å². The zero-order chi connectivity index (χ0) is 22.8. The van der Waals surface area contributed by atoms with Crippen molar-refractivity contribution in [3.8, 4) is 0 Å². The molecule has 0 aliphatic heterocycles. The Morgan fingerprint density at radius 1 is 1.06 bits per heavy atom. The van der Waals surface area contributed by atoms with Crippen molar-refractivity contribution < 1.29 is 13.2 Å². The Bertz CT molecular complexity index is 1180. The Balaban J connectivity index is 1.97. The summed E-state index contributed by atoms with van der Waals surface area (Å²) in [6.07, 6.45) is 0.801.